The maximum atomic E-state index is 5.21. The molecule has 0 aliphatic carbocycles. The SMILES string of the molecule is C#CCNC(CC=C)c1ccccc1. The molecule has 0 saturated heterocycles. The summed E-state index contributed by atoms with van der Waals surface area (Å²) >= 11 is 0. The lowest BCUT2D eigenvalue weighted by Gasteiger charge is -2.15. The second kappa shape index (κ2) is 6.01. The second-order valence-electron chi connectivity index (χ2n) is 3.07. The predicted octanol–water partition coefficient (Wildman–Crippen LogP) is 2.53. The Morgan fingerprint density at radius 3 is 2.71 bits per heavy atom. The van der Waals surface area contributed by atoms with Crippen LogP contribution in [0.15, 0.2) is 43.0 Å². The van der Waals surface area contributed by atoms with Crippen molar-refractivity contribution >= 4 is 0 Å². The van der Waals surface area contributed by atoms with Crippen LogP contribution in [0, 0.1) is 12.3 Å². The molecule has 0 aliphatic heterocycles. The van der Waals surface area contributed by atoms with Crippen LogP contribution in [0.4, 0.5) is 0 Å². The summed E-state index contributed by atoms with van der Waals surface area (Å²) in [5.74, 6) is 2.58. The first-order chi connectivity index (χ1) is 6.88. The van der Waals surface area contributed by atoms with E-state index < -0.39 is 0 Å². The van der Waals surface area contributed by atoms with E-state index in [1.807, 2.05) is 24.3 Å². The lowest BCUT2D eigenvalue weighted by Crippen LogP contribution is -2.20. The minimum absolute atomic E-state index is 0.282. The van der Waals surface area contributed by atoms with Gasteiger partial charge in [0.1, 0.15) is 0 Å². The van der Waals surface area contributed by atoms with Crippen molar-refractivity contribution in [1.82, 2.24) is 5.32 Å². The fourth-order valence-electron chi connectivity index (χ4n) is 1.37. The molecule has 1 aromatic carbocycles. The summed E-state index contributed by atoms with van der Waals surface area (Å²) in [4.78, 5) is 0. The van der Waals surface area contributed by atoms with Crippen molar-refractivity contribution in [2.45, 2.75) is 12.5 Å². The first kappa shape index (κ1) is 10.6. The van der Waals surface area contributed by atoms with E-state index in [9.17, 15) is 0 Å². The Labute approximate surface area is 85.8 Å². The summed E-state index contributed by atoms with van der Waals surface area (Å²) in [6, 6.07) is 10.5. The molecular formula is C13H15N. The zero-order valence-electron chi connectivity index (χ0n) is 8.24. The van der Waals surface area contributed by atoms with Gasteiger partial charge < -0.3 is 0 Å². The molecular weight excluding hydrogens is 170 g/mol. The van der Waals surface area contributed by atoms with Crippen molar-refractivity contribution in [3.8, 4) is 12.3 Å². The average molecular weight is 185 g/mol. The maximum absolute atomic E-state index is 5.21. The van der Waals surface area contributed by atoms with E-state index in [4.69, 9.17) is 6.42 Å². The zero-order valence-corrected chi connectivity index (χ0v) is 8.24. The van der Waals surface area contributed by atoms with E-state index in [1.165, 1.54) is 5.56 Å². The Morgan fingerprint density at radius 2 is 2.14 bits per heavy atom. The van der Waals surface area contributed by atoms with E-state index in [-0.39, 0.29) is 6.04 Å². The van der Waals surface area contributed by atoms with Gasteiger partial charge in [-0.15, -0.1) is 13.0 Å². The highest BCUT2D eigenvalue weighted by Gasteiger charge is 2.06. The van der Waals surface area contributed by atoms with Gasteiger partial charge in [-0.25, -0.2) is 0 Å². The molecule has 0 spiro atoms. The van der Waals surface area contributed by atoms with Gasteiger partial charge in [0.2, 0.25) is 0 Å². The summed E-state index contributed by atoms with van der Waals surface area (Å²) in [5, 5.41) is 3.28. The number of hydrogen-bond acceptors (Lipinski definition) is 1. The van der Waals surface area contributed by atoms with Crippen molar-refractivity contribution in [2.75, 3.05) is 6.54 Å². The first-order valence-electron chi connectivity index (χ1n) is 4.71. The van der Waals surface area contributed by atoms with Crippen LogP contribution < -0.4 is 5.32 Å². The van der Waals surface area contributed by atoms with Crippen molar-refractivity contribution in [1.29, 1.82) is 0 Å². The van der Waals surface area contributed by atoms with Crippen LogP contribution >= 0.6 is 0 Å². The Bertz CT molecular complexity index is 308. The van der Waals surface area contributed by atoms with Crippen LogP contribution in [0.3, 0.4) is 0 Å². The lowest BCUT2D eigenvalue weighted by atomic mass is 10.0. The fourth-order valence-corrected chi connectivity index (χ4v) is 1.37. The minimum Gasteiger partial charge on any atom is -0.299 e. The van der Waals surface area contributed by atoms with E-state index >= 15 is 0 Å². The summed E-state index contributed by atoms with van der Waals surface area (Å²) in [7, 11) is 0. The van der Waals surface area contributed by atoms with Gasteiger partial charge in [-0.05, 0) is 12.0 Å². The lowest BCUT2D eigenvalue weighted by molar-refractivity contribution is 0.580. The molecule has 1 nitrogen and oxygen atoms in total. The van der Waals surface area contributed by atoms with Gasteiger partial charge in [0, 0.05) is 6.04 Å². The third kappa shape index (κ3) is 3.08. The average Bonchev–Trinajstić information content (AvgIpc) is 2.25. The third-order valence-electron chi connectivity index (χ3n) is 2.05. The van der Waals surface area contributed by atoms with Gasteiger partial charge in [-0.1, -0.05) is 42.3 Å². The molecule has 1 unspecified atom stereocenters. The van der Waals surface area contributed by atoms with Crippen molar-refractivity contribution in [2.24, 2.45) is 0 Å². The van der Waals surface area contributed by atoms with Gasteiger partial charge >= 0.3 is 0 Å². The Kier molecular flexibility index (Phi) is 4.54. The number of benzene rings is 1. The molecule has 0 heterocycles. The normalized spacial score (nSPS) is 11.6. The van der Waals surface area contributed by atoms with E-state index in [0.29, 0.717) is 6.54 Å². The molecule has 72 valence electrons. The maximum Gasteiger partial charge on any atom is 0.0578 e. The van der Waals surface area contributed by atoms with Crippen LogP contribution in [0.25, 0.3) is 0 Å². The van der Waals surface area contributed by atoms with Crippen molar-refractivity contribution < 1.29 is 0 Å². The van der Waals surface area contributed by atoms with Gasteiger partial charge in [-0.2, -0.15) is 0 Å². The van der Waals surface area contributed by atoms with Crippen LogP contribution in [-0.2, 0) is 0 Å². The zero-order chi connectivity index (χ0) is 10.2. The molecule has 0 bridgehead atoms. The summed E-state index contributed by atoms with van der Waals surface area (Å²) in [5.41, 5.74) is 1.25. The highest BCUT2D eigenvalue weighted by atomic mass is 14.9. The molecule has 0 fully saturated rings. The smallest absolute Gasteiger partial charge is 0.0578 e. The Balaban J connectivity index is 2.68. The molecule has 1 N–H and O–H groups in total. The summed E-state index contributed by atoms with van der Waals surface area (Å²) in [6.45, 7) is 4.33. The van der Waals surface area contributed by atoms with Crippen LogP contribution in [-0.4, -0.2) is 6.54 Å². The van der Waals surface area contributed by atoms with Gasteiger partial charge in [0.25, 0.3) is 0 Å². The molecule has 1 heteroatoms. The van der Waals surface area contributed by atoms with Gasteiger partial charge in [0.15, 0.2) is 0 Å². The van der Waals surface area contributed by atoms with E-state index in [1.54, 1.807) is 0 Å². The minimum atomic E-state index is 0.282. The van der Waals surface area contributed by atoms with E-state index in [0.717, 1.165) is 6.42 Å². The quantitative estimate of drug-likeness (QED) is 0.549. The van der Waals surface area contributed by atoms with Crippen molar-refractivity contribution in [3.63, 3.8) is 0 Å². The Morgan fingerprint density at radius 1 is 1.43 bits per heavy atom. The monoisotopic (exact) mass is 185 g/mol. The number of hydrogen-bond donors (Lipinski definition) is 1. The molecule has 1 aromatic rings. The highest BCUT2D eigenvalue weighted by molar-refractivity contribution is 5.19. The molecule has 0 amide bonds. The molecule has 0 aliphatic rings. The number of rotatable bonds is 5. The largest absolute Gasteiger partial charge is 0.299 e. The standard InChI is InChI=1S/C13H15N/c1-3-8-13(14-11-4-2)12-9-6-5-7-10-12/h2-3,5-7,9-10,13-14H,1,8,11H2. The molecule has 0 radical (unpaired) electrons. The number of terminal acetylenes is 1. The fraction of sp³-hybridized carbons (Fsp3) is 0.231. The molecule has 0 saturated carbocycles. The third-order valence-corrected chi connectivity index (χ3v) is 2.05. The van der Waals surface area contributed by atoms with Gasteiger partial charge in [0.05, 0.1) is 6.54 Å². The molecule has 1 rings (SSSR count). The van der Waals surface area contributed by atoms with Gasteiger partial charge in [-0.3, -0.25) is 5.32 Å². The van der Waals surface area contributed by atoms with Crippen molar-refractivity contribution in [3.05, 3.63) is 48.6 Å². The van der Waals surface area contributed by atoms with Crippen LogP contribution in [0.5, 0.6) is 0 Å². The van der Waals surface area contributed by atoms with E-state index in [2.05, 4.69) is 29.9 Å². The summed E-state index contributed by atoms with van der Waals surface area (Å²) in [6.07, 6.45) is 8.01. The second-order valence-corrected chi connectivity index (χ2v) is 3.07. The predicted molar refractivity (Wildman–Crippen MR) is 60.8 cm³/mol. The molecule has 0 aromatic heterocycles. The Hall–Kier alpha value is -1.52. The highest BCUT2D eigenvalue weighted by Crippen LogP contribution is 2.15. The topological polar surface area (TPSA) is 12.0 Å². The number of nitrogens with one attached hydrogen (secondary N) is 1. The van der Waals surface area contributed by atoms with Crippen LogP contribution in [0.1, 0.15) is 18.0 Å². The molecule has 1 atom stereocenters. The first-order valence-corrected chi connectivity index (χ1v) is 4.71. The summed E-state index contributed by atoms with van der Waals surface area (Å²) < 4.78 is 0. The molecule has 14 heavy (non-hydrogen) atoms. The van der Waals surface area contributed by atoms with Crippen LogP contribution in [0.2, 0.25) is 0 Å².